The SMILES string of the molecule is CN=C(NCCc1ccc(NC(=O)OC(C)(C)C)cc1)NCCN(C)CC(F)(F)F.I. The van der Waals surface area contributed by atoms with Crippen LogP contribution in [-0.4, -0.2) is 69.0 Å². The van der Waals surface area contributed by atoms with Crippen molar-refractivity contribution in [1.29, 1.82) is 0 Å². The molecule has 3 N–H and O–H groups in total. The molecule has 11 heteroatoms. The highest BCUT2D eigenvalue weighted by molar-refractivity contribution is 14.0. The van der Waals surface area contributed by atoms with Crippen LogP contribution in [0.5, 0.6) is 0 Å². The Labute approximate surface area is 199 Å². The standard InChI is InChI=1S/C20H32F3N5O2.HI/c1-19(2,3)30-18(29)27-16-8-6-15(7-9-16)10-11-25-17(24-4)26-12-13-28(5)14-20(21,22)23;/h6-9H,10-14H2,1-5H3,(H,27,29)(H2,24,25,26);1H. The lowest BCUT2D eigenvalue weighted by Crippen LogP contribution is -2.42. The molecule has 0 spiro atoms. The number of hydrogen-bond acceptors (Lipinski definition) is 4. The predicted molar refractivity (Wildman–Crippen MR) is 128 cm³/mol. The van der Waals surface area contributed by atoms with Crippen molar-refractivity contribution >= 4 is 41.7 Å². The lowest BCUT2D eigenvalue weighted by molar-refractivity contribution is -0.142. The van der Waals surface area contributed by atoms with Gasteiger partial charge in [-0.25, -0.2) is 4.79 Å². The molecule has 31 heavy (non-hydrogen) atoms. The Morgan fingerprint density at radius 3 is 2.19 bits per heavy atom. The average Bonchev–Trinajstić information content (AvgIpc) is 2.58. The third-order valence-electron chi connectivity index (χ3n) is 3.76. The highest BCUT2D eigenvalue weighted by Crippen LogP contribution is 2.15. The molecule has 0 unspecified atom stereocenters. The van der Waals surface area contributed by atoms with Gasteiger partial charge in [0.1, 0.15) is 5.60 Å². The summed E-state index contributed by atoms with van der Waals surface area (Å²) in [5.74, 6) is 0.527. The maximum atomic E-state index is 12.3. The van der Waals surface area contributed by atoms with Gasteiger partial charge in [0.25, 0.3) is 0 Å². The quantitative estimate of drug-likeness (QED) is 0.256. The Bertz CT molecular complexity index is 692. The highest BCUT2D eigenvalue weighted by Gasteiger charge is 2.28. The number of aliphatic imine (C=N–C) groups is 1. The van der Waals surface area contributed by atoms with Crippen LogP contribution in [0.1, 0.15) is 26.3 Å². The maximum absolute atomic E-state index is 12.3. The molecule has 1 aromatic rings. The van der Waals surface area contributed by atoms with E-state index < -0.39 is 24.4 Å². The summed E-state index contributed by atoms with van der Waals surface area (Å²) >= 11 is 0. The van der Waals surface area contributed by atoms with Gasteiger partial charge in [-0.1, -0.05) is 12.1 Å². The van der Waals surface area contributed by atoms with Gasteiger partial charge in [0, 0.05) is 32.4 Å². The van der Waals surface area contributed by atoms with Gasteiger partial charge >= 0.3 is 12.3 Å². The van der Waals surface area contributed by atoms with Crippen LogP contribution in [-0.2, 0) is 11.2 Å². The fourth-order valence-electron chi connectivity index (χ4n) is 2.47. The van der Waals surface area contributed by atoms with Crippen molar-refractivity contribution in [1.82, 2.24) is 15.5 Å². The number of nitrogens with zero attached hydrogens (tertiary/aromatic N) is 2. The predicted octanol–water partition coefficient (Wildman–Crippen LogP) is 3.85. The van der Waals surface area contributed by atoms with E-state index in [9.17, 15) is 18.0 Å². The molecule has 0 radical (unpaired) electrons. The minimum atomic E-state index is -4.20. The minimum absolute atomic E-state index is 0. The van der Waals surface area contributed by atoms with Crippen LogP contribution in [0.3, 0.4) is 0 Å². The summed E-state index contributed by atoms with van der Waals surface area (Å²) in [6.07, 6.45) is -4.00. The third-order valence-corrected chi connectivity index (χ3v) is 3.76. The van der Waals surface area contributed by atoms with Crippen molar-refractivity contribution in [3.05, 3.63) is 29.8 Å². The second kappa shape index (κ2) is 13.6. The summed E-state index contributed by atoms with van der Waals surface area (Å²) in [4.78, 5) is 17.0. The highest BCUT2D eigenvalue weighted by atomic mass is 127. The zero-order valence-electron chi connectivity index (χ0n) is 18.6. The molecule has 1 rings (SSSR count). The number of benzene rings is 1. The molecule has 0 aliphatic carbocycles. The molecule has 0 atom stereocenters. The molecule has 0 aliphatic heterocycles. The molecule has 1 aromatic carbocycles. The Hall–Kier alpha value is -1.76. The number of rotatable bonds is 8. The first-order valence-corrected chi connectivity index (χ1v) is 9.67. The summed E-state index contributed by atoms with van der Waals surface area (Å²) in [6, 6.07) is 7.39. The van der Waals surface area contributed by atoms with Crippen molar-refractivity contribution in [3.8, 4) is 0 Å². The molecule has 0 saturated carbocycles. The van der Waals surface area contributed by atoms with E-state index in [1.165, 1.54) is 11.9 Å². The molecule has 0 saturated heterocycles. The van der Waals surface area contributed by atoms with Crippen LogP contribution < -0.4 is 16.0 Å². The largest absolute Gasteiger partial charge is 0.444 e. The third kappa shape index (κ3) is 14.8. The molecular formula is C20H33F3IN5O2. The molecule has 0 fully saturated rings. The summed E-state index contributed by atoms with van der Waals surface area (Å²) < 4.78 is 42.1. The van der Waals surface area contributed by atoms with Gasteiger partial charge in [-0.3, -0.25) is 15.2 Å². The first kappa shape index (κ1) is 29.2. The number of anilines is 1. The fraction of sp³-hybridized carbons (Fsp3) is 0.600. The van der Waals surface area contributed by atoms with E-state index >= 15 is 0 Å². The van der Waals surface area contributed by atoms with E-state index in [4.69, 9.17) is 4.74 Å². The van der Waals surface area contributed by atoms with E-state index in [0.717, 1.165) is 5.56 Å². The van der Waals surface area contributed by atoms with Gasteiger partial charge < -0.3 is 15.4 Å². The van der Waals surface area contributed by atoms with Crippen molar-refractivity contribution in [2.45, 2.75) is 39.0 Å². The van der Waals surface area contributed by atoms with Crippen LogP contribution >= 0.6 is 24.0 Å². The lowest BCUT2D eigenvalue weighted by Gasteiger charge is -2.20. The number of guanidine groups is 1. The lowest BCUT2D eigenvalue weighted by atomic mass is 10.1. The van der Waals surface area contributed by atoms with Gasteiger partial charge in [-0.15, -0.1) is 24.0 Å². The molecule has 7 nitrogen and oxygen atoms in total. The zero-order chi connectivity index (χ0) is 22.8. The van der Waals surface area contributed by atoms with Crippen LogP contribution in [0.4, 0.5) is 23.7 Å². The zero-order valence-corrected chi connectivity index (χ0v) is 20.9. The Morgan fingerprint density at radius 2 is 1.68 bits per heavy atom. The minimum Gasteiger partial charge on any atom is -0.444 e. The van der Waals surface area contributed by atoms with Gasteiger partial charge in [-0.2, -0.15) is 13.2 Å². The first-order valence-electron chi connectivity index (χ1n) is 9.67. The second-order valence-electron chi connectivity index (χ2n) is 7.85. The number of likely N-dealkylation sites (N-methyl/N-ethyl adjacent to an activating group) is 1. The van der Waals surface area contributed by atoms with E-state index in [1.54, 1.807) is 40.0 Å². The van der Waals surface area contributed by atoms with Crippen molar-refractivity contribution in [2.75, 3.05) is 45.6 Å². The number of amides is 1. The summed E-state index contributed by atoms with van der Waals surface area (Å²) in [7, 11) is 3.03. The van der Waals surface area contributed by atoms with E-state index in [1.807, 2.05) is 12.1 Å². The number of ether oxygens (including phenoxy) is 1. The number of hydrogen-bond donors (Lipinski definition) is 3. The topological polar surface area (TPSA) is 78.0 Å². The molecule has 178 valence electrons. The fourth-order valence-corrected chi connectivity index (χ4v) is 2.47. The van der Waals surface area contributed by atoms with Gasteiger partial charge in [0.15, 0.2) is 5.96 Å². The Kier molecular flexibility index (Phi) is 12.8. The first-order chi connectivity index (χ1) is 13.9. The molecule has 1 amide bonds. The van der Waals surface area contributed by atoms with Crippen LogP contribution in [0.15, 0.2) is 29.3 Å². The van der Waals surface area contributed by atoms with Gasteiger partial charge in [0.2, 0.25) is 0 Å². The number of nitrogens with one attached hydrogen (secondary N) is 3. The summed E-state index contributed by atoms with van der Waals surface area (Å²) in [5.41, 5.74) is 1.13. The molecule has 0 aromatic heterocycles. The van der Waals surface area contributed by atoms with Crippen molar-refractivity contribution < 1.29 is 22.7 Å². The normalized spacial score (nSPS) is 12.2. The molecule has 0 aliphatic rings. The van der Waals surface area contributed by atoms with Crippen molar-refractivity contribution in [3.63, 3.8) is 0 Å². The van der Waals surface area contributed by atoms with E-state index in [0.29, 0.717) is 31.2 Å². The van der Waals surface area contributed by atoms with Crippen LogP contribution in [0.2, 0.25) is 0 Å². The maximum Gasteiger partial charge on any atom is 0.412 e. The molecule has 0 bridgehead atoms. The number of carbonyl (C=O) groups excluding carboxylic acids is 1. The van der Waals surface area contributed by atoms with Gasteiger partial charge in [-0.05, 0) is 51.9 Å². The monoisotopic (exact) mass is 559 g/mol. The number of carbonyl (C=O) groups is 1. The second-order valence-corrected chi connectivity index (χ2v) is 7.85. The number of halogens is 4. The van der Waals surface area contributed by atoms with E-state index in [2.05, 4.69) is 20.9 Å². The summed E-state index contributed by atoms with van der Waals surface area (Å²) in [5, 5.41) is 8.79. The number of alkyl halides is 3. The van der Waals surface area contributed by atoms with Crippen LogP contribution in [0.25, 0.3) is 0 Å². The van der Waals surface area contributed by atoms with Gasteiger partial charge in [0.05, 0.1) is 6.54 Å². The molecular weight excluding hydrogens is 526 g/mol. The summed E-state index contributed by atoms with van der Waals surface area (Å²) in [6.45, 7) is 5.63. The smallest absolute Gasteiger partial charge is 0.412 e. The molecule has 0 heterocycles. The van der Waals surface area contributed by atoms with E-state index in [-0.39, 0.29) is 30.5 Å². The Morgan fingerprint density at radius 1 is 1.10 bits per heavy atom. The average molecular weight is 559 g/mol. The van der Waals surface area contributed by atoms with Crippen LogP contribution in [0, 0.1) is 0 Å². The Balaban J connectivity index is 0.00000900. The van der Waals surface area contributed by atoms with Crippen molar-refractivity contribution in [2.24, 2.45) is 4.99 Å².